The van der Waals surface area contributed by atoms with E-state index in [1.54, 1.807) is 0 Å². The first-order valence-electron chi connectivity index (χ1n) is 5.29. The number of halogens is 1. The highest BCUT2D eigenvalue weighted by Crippen LogP contribution is 2.25. The van der Waals surface area contributed by atoms with Gasteiger partial charge in [0.15, 0.2) is 18.6 Å². The number of aliphatic hydroxyl groups excluding tert-OH is 2. The molecule has 1 saturated heterocycles. The SMILES string of the molecule is CC(=O)OC[C@H]1O[C@H](O)[C@H](F)[C@@H](OC(C)=O)[C@@H]1O. The first-order valence-corrected chi connectivity index (χ1v) is 5.29. The summed E-state index contributed by atoms with van der Waals surface area (Å²) in [4.78, 5) is 21.4. The summed E-state index contributed by atoms with van der Waals surface area (Å²) in [5.74, 6) is -1.42. The maximum Gasteiger partial charge on any atom is 0.303 e. The van der Waals surface area contributed by atoms with Crippen LogP contribution in [-0.4, -0.2) is 59.5 Å². The summed E-state index contributed by atoms with van der Waals surface area (Å²) in [6.07, 6.45) is -8.20. The van der Waals surface area contributed by atoms with Gasteiger partial charge in [0.25, 0.3) is 0 Å². The second-order valence-corrected chi connectivity index (χ2v) is 3.88. The van der Waals surface area contributed by atoms with Crippen LogP contribution in [0.1, 0.15) is 13.8 Å². The lowest BCUT2D eigenvalue weighted by molar-refractivity contribution is -0.276. The van der Waals surface area contributed by atoms with Gasteiger partial charge in [-0.1, -0.05) is 0 Å². The van der Waals surface area contributed by atoms with E-state index in [0.29, 0.717) is 0 Å². The van der Waals surface area contributed by atoms with Crippen LogP contribution in [0.3, 0.4) is 0 Å². The smallest absolute Gasteiger partial charge is 0.303 e. The van der Waals surface area contributed by atoms with Crippen molar-refractivity contribution in [1.82, 2.24) is 0 Å². The second-order valence-electron chi connectivity index (χ2n) is 3.88. The summed E-state index contributed by atoms with van der Waals surface area (Å²) in [5, 5.41) is 19.0. The Morgan fingerprint density at radius 2 is 1.89 bits per heavy atom. The zero-order valence-corrected chi connectivity index (χ0v) is 9.91. The van der Waals surface area contributed by atoms with Crippen LogP contribution in [-0.2, 0) is 23.8 Å². The zero-order valence-electron chi connectivity index (χ0n) is 9.91. The van der Waals surface area contributed by atoms with E-state index >= 15 is 0 Å². The minimum atomic E-state index is -2.07. The van der Waals surface area contributed by atoms with Gasteiger partial charge in [-0.25, -0.2) is 4.39 Å². The molecule has 0 aliphatic carbocycles. The van der Waals surface area contributed by atoms with Crippen LogP contribution in [0.15, 0.2) is 0 Å². The molecule has 0 aromatic heterocycles. The lowest BCUT2D eigenvalue weighted by Crippen LogP contribution is -2.58. The number of esters is 2. The molecule has 104 valence electrons. The average Bonchev–Trinajstić information content (AvgIpc) is 2.27. The third-order valence-electron chi connectivity index (χ3n) is 2.37. The van der Waals surface area contributed by atoms with Crippen molar-refractivity contribution in [2.75, 3.05) is 6.61 Å². The van der Waals surface area contributed by atoms with Gasteiger partial charge in [-0.2, -0.15) is 0 Å². The van der Waals surface area contributed by atoms with Gasteiger partial charge in [-0.15, -0.1) is 0 Å². The number of carbonyl (C=O) groups is 2. The van der Waals surface area contributed by atoms with Crippen molar-refractivity contribution in [2.24, 2.45) is 0 Å². The van der Waals surface area contributed by atoms with E-state index in [0.717, 1.165) is 13.8 Å². The van der Waals surface area contributed by atoms with Crippen molar-refractivity contribution >= 4 is 11.9 Å². The standard InChI is InChI=1S/C10H15FO7/c1-4(12)16-3-6-8(14)9(17-5(2)13)7(11)10(15)18-6/h6-10,14-15H,3H2,1-2H3/t6-,7-,8-,9-,10+/m1/s1. The summed E-state index contributed by atoms with van der Waals surface area (Å²) in [6, 6.07) is 0. The van der Waals surface area contributed by atoms with E-state index in [9.17, 15) is 24.2 Å². The normalized spacial score (nSPS) is 35.9. The molecule has 0 saturated carbocycles. The number of hydrogen-bond acceptors (Lipinski definition) is 7. The van der Waals surface area contributed by atoms with Gasteiger partial charge >= 0.3 is 11.9 Å². The van der Waals surface area contributed by atoms with Crippen LogP contribution < -0.4 is 0 Å². The van der Waals surface area contributed by atoms with Crippen LogP contribution in [0.25, 0.3) is 0 Å². The maximum atomic E-state index is 13.5. The molecule has 0 amide bonds. The number of rotatable bonds is 3. The number of ether oxygens (including phenoxy) is 3. The molecule has 0 unspecified atom stereocenters. The van der Waals surface area contributed by atoms with Gasteiger partial charge in [0.1, 0.15) is 18.8 Å². The van der Waals surface area contributed by atoms with Crippen LogP contribution in [0.5, 0.6) is 0 Å². The van der Waals surface area contributed by atoms with Crippen molar-refractivity contribution in [3.63, 3.8) is 0 Å². The van der Waals surface area contributed by atoms with Crippen LogP contribution in [0.2, 0.25) is 0 Å². The third-order valence-corrected chi connectivity index (χ3v) is 2.37. The molecule has 0 spiro atoms. The van der Waals surface area contributed by atoms with Crippen LogP contribution in [0.4, 0.5) is 4.39 Å². The van der Waals surface area contributed by atoms with Crippen molar-refractivity contribution in [3.05, 3.63) is 0 Å². The summed E-state index contributed by atoms with van der Waals surface area (Å²) in [6.45, 7) is 1.81. The van der Waals surface area contributed by atoms with Gasteiger partial charge in [0.2, 0.25) is 0 Å². The van der Waals surface area contributed by atoms with E-state index in [4.69, 9.17) is 4.74 Å². The zero-order chi connectivity index (χ0) is 13.9. The lowest BCUT2D eigenvalue weighted by Gasteiger charge is -2.38. The number of carbonyl (C=O) groups excluding carboxylic acids is 2. The third kappa shape index (κ3) is 3.62. The molecule has 1 aliphatic rings. The molecule has 5 atom stereocenters. The molecule has 0 aromatic carbocycles. The maximum absolute atomic E-state index is 13.5. The fourth-order valence-corrected chi connectivity index (χ4v) is 1.56. The average molecular weight is 266 g/mol. The topological polar surface area (TPSA) is 102 Å². The van der Waals surface area contributed by atoms with Crippen LogP contribution in [0, 0.1) is 0 Å². The minimum absolute atomic E-state index is 0.377. The van der Waals surface area contributed by atoms with Gasteiger partial charge in [0, 0.05) is 13.8 Å². The van der Waals surface area contributed by atoms with E-state index < -0.39 is 42.7 Å². The fourth-order valence-electron chi connectivity index (χ4n) is 1.56. The van der Waals surface area contributed by atoms with Gasteiger partial charge in [0.05, 0.1) is 0 Å². The molecule has 1 rings (SSSR count). The Morgan fingerprint density at radius 3 is 2.39 bits per heavy atom. The molecule has 8 heteroatoms. The van der Waals surface area contributed by atoms with Gasteiger partial charge < -0.3 is 24.4 Å². The summed E-state index contributed by atoms with van der Waals surface area (Å²) >= 11 is 0. The van der Waals surface area contributed by atoms with Gasteiger partial charge in [-0.3, -0.25) is 9.59 Å². The highest BCUT2D eigenvalue weighted by Gasteiger charge is 2.47. The number of hydrogen-bond donors (Lipinski definition) is 2. The van der Waals surface area contributed by atoms with E-state index in [1.807, 2.05) is 0 Å². The molecule has 18 heavy (non-hydrogen) atoms. The predicted molar refractivity (Wildman–Crippen MR) is 54.0 cm³/mol. The fraction of sp³-hybridized carbons (Fsp3) is 0.800. The molecule has 7 nitrogen and oxygen atoms in total. The minimum Gasteiger partial charge on any atom is -0.463 e. The molecule has 1 aliphatic heterocycles. The highest BCUT2D eigenvalue weighted by molar-refractivity contribution is 5.66. The Bertz CT molecular complexity index is 321. The lowest BCUT2D eigenvalue weighted by atomic mass is 10.00. The Morgan fingerprint density at radius 1 is 1.28 bits per heavy atom. The molecule has 1 fully saturated rings. The van der Waals surface area contributed by atoms with Crippen molar-refractivity contribution in [1.29, 1.82) is 0 Å². The number of aliphatic hydroxyl groups is 2. The predicted octanol–water partition coefficient (Wildman–Crippen LogP) is -1.10. The second kappa shape index (κ2) is 6.07. The van der Waals surface area contributed by atoms with Crippen molar-refractivity contribution in [2.45, 2.75) is 44.6 Å². The Labute approximate surface area is 102 Å². The first-order chi connectivity index (χ1) is 8.32. The molecular weight excluding hydrogens is 251 g/mol. The Balaban J connectivity index is 2.70. The molecule has 2 N–H and O–H groups in total. The largest absolute Gasteiger partial charge is 0.463 e. The number of alkyl halides is 1. The van der Waals surface area contributed by atoms with Crippen molar-refractivity contribution < 1.29 is 38.4 Å². The van der Waals surface area contributed by atoms with E-state index in [1.165, 1.54) is 0 Å². The van der Waals surface area contributed by atoms with Gasteiger partial charge in [-0.05, 0) is 0 Å². The first kappa shape index (κ1) is 14.8. The van der Waals surface area contributed by atoms with E-state index in [-0.39, 0.29) is 6.61 Å². The quantitative estimate of drug-likeness (QED) is 0.625. The monoisotopic (exact) mass is 266 g/mol. The van der Waals surface area contributed by atoms with Crippen molar-refractivity contribution in [3.8, 4) is 0 Å². The summed E-state index contributed by atoms with van der Waals surface area (Å²) in [5.41, 5.74) is 0. The Hall–Kier alpha value is -1.25. The molecule has 0 bridgehead atoms. The van der Waals surface area contributed by atoms with Crippen LogP contribution >= 0.6 is 0 Å². The Kier molecular flexibility index (Phi) is 5.00. The molecule has 0 aromatic rings. The molecule has 1 heterocycles. The highest BCUT2D eigenvalue weighted by atomic mass is 19.1. The summed E-state index contributed by atoms with van der Waals surface area (Å²) in [7, 11) is 0. The molecule has 0 radical (unpaired) electrons. The van der Waals surface area contributed by atoms with E-state index in [2.05, 4.69) is 9.47 Å². The molecular formula is C10H15FO7. The summed E-state index contributed by atoms with van der Waals surface area (Å²) < 4.78 is 27.4.